The zero-order valence-corrected chi connectivity index (χ0v) is 13.8. The molecule has 1 aromatic heterocycles. The summed E-state index contributed by atoms with van der Waals surface area (Å²) in [5.41, 5.74) is 1.20. The van der Waals surface area contributed by atoms with Gasteiger partial charge in [-0.3, -0.25) is 9.78 Å². The van der Waals surface area contributed by atoms with Gasteiger partial charge in [-0.25, -0.2) is 0 Å². The highest BCUT2D eigenvalue weighted by Gasteiger charge is 2.29. The number of hydrogen-bond acceptors (Lipinski definition) is 3. The van der Waals surface area contributed by atoms with Crippen LogP contribution >= 0.6 is 11.8 Å². The zero-order chi connectivity index (χ0) is 14.9. The molecule has 1 aliphatic heterocycles. The van der Waals surface area contributed by atoms with E-state index in [1.807, 2.05) is 41.2 Å². The monoisotopic (exact) mass is 306 g/mol. The van der Waals surface area contributed by atoms with E-state index in [4.69, 9.17) is 0 Å². The van der Waals surface area contributed by atoms with Crippen LogP contribution in [0.5, 0.6) is 0 Å². The predicted molar refractivity (Wildman–Crippen MR) is 89.1 cm³/mol. The Kier molecular flexibility index (Phi) is 7.07. The molecular weight excluding hydrogens is 280 g/mol. The number of thioether (sulfide) groups is 1. The van der Waals surface area contributed by atoms with Gasteiger partial charge in [0.15, 0.2) is 0 Å². The van der Waals surface area contributed by atoms with Crippen molar-refractivity contribution >= 4 is 17.7 Å². The van der Waals surface area contributed by atoms with Crippen molar-refractivity contribution in [1.29, 1.82) is 0 Å². The minimum absolute atomic E-state index is 0.195. The Balaban J connectivity index is 1.76. The summed E-state index contributed by atoms with van der Waals surface area (Å²) in [6.07, 6.45) is 11.7. The highest BCUT2D eigenvalue weighted by atomic mass is 32.2. The maximum absolute atomic E-state index is 12.4. The Hall–Kier alpha value is -1.03. The van der Waals surface area contributed by atoms with Crippen molar-refractivity contribution in [3.63, 3.8) is 0 Å². The van der Waals surface area contributed by atoms with Gasteiger partial charge in [0.2, 0.25) is 5.91 Å². The number of carbonyl (C=O) groups excluding carboxylic acids is 1. The second-order valence-electron chi connectivity index (χ2n) is 5.61. The standard InChI is InChI=1S/C17H26N2OS/c1-2-3-4-5-6-7-8-16(20)19-13-14-21-17(19)15-9-11-18-12-10-15/h9-12,17H,2-8,13-14H2,1H3. The number of rotatable bonds is 8. The fraction of sp³-hybridized carbons (Fsp3) is 0.647. The molecule has 1 atom stereocenters. The Morgan fingerprint density at radius 3 is 2.71 bits per heavy atom. The Labute approximate surface area is 132 Å². The van der Waals surface area contributed by atoms with Crippen LogP contribution in [0.2, 0.25) is 0 Å². The van der Waals surface area contributed by atoms with Crippen LogP contribution in [0.3, 0.4) is 0 Å². The fourth-order valence-corrected chi connectivity index (χ4v) is 4.01. The molecule has 2 rings (SSSR count). The van der Waals surface area contributed by atoms with E-state index in [-0.39, 0.29) is 5.37 Å². The largest absolute Gasteiger partial charge is 0.326 e. The average molecular weight is 306 g/mol. The molecule has 0 aromatic carbocycles. The lowest BCUT2D eigenvalue weighted by Crippen LogP contribution is -2.30. The van der Waals surface area contributed by atoms with Crippen LogP contribution in [0.15, 0.2) is 24.5 Å². The van der Waals surface area contributed by atoms with Crippen LogP contribution in [-0.4, -0.2) is 28.1 Å². The number of nitrogens with zero attached hydrogens (tertiary/aromatic N) is 2. The molecule has 0 saturated carbocycles. The van der Waals surface area contributed by atoms with Crippen LogP contribution in [0.25, 0.3) is 0 Å². The van der Waals surface area contributed by atoms with Gasteiger partial charge < -0.3 is 4.90 Å². The molecule has 0 radical (unpaired) electrons. The van der Waals surface area contributed by atoms with Gasteiger partial charge in [0, 0.05) is 31.1 Å². The van der Waals surface area contributed by atoms with Crippen LogP contribution < -0.4 is 0 Å². The van der Waals surface area contributed by atoms with Crippen molar-refractivity contribution in [2.75, 3.05) is 12.3 Å². The number of pyridine rings is 1. The molecule has 3 nitrogen and oxygen atoms in total. The highest BCUT2D eigenvalue weighted by molar-refractivity contribution is 7.99. The van der Waals surface area contributed by atoms with Crippen molar-refractivity contribution in [2.45, 2.75) is 57.2 Å². The second kappa shape index (κ2) is 9.08. The van der Waals surface area contributed by atoms with Gasteiger partial charge in [0.1, 0.15) is 5.37 Å². The minimum Gasteiger partial charge on any atom is -0.326 e. The molecule has 0 aliphatic carbocycles. The summed E-state index contributed by atoms with van der Waals surface area (Å²) in [6, 6.07) is 4.04. The smallest absolute Gasteiger partial charge is 0.223 e. The second-order valence-corrected chi connectivity index (χ2v) is 6.80. The van der Waals surface area contributed by atoms with Crippen LogP contribution in [-0.2, 0) is 4.79 Å². The Morgan fingerprint density at radius 1 is 1.24 bits per heavy atom. The van der Waals surface area contributed by atoms with Gasteiger partial charge in [-0.15, -0.1) is 11.8 Å². The predicted octanol–water partition coefficient (Wildman–Crippen LogP) is 4.41. The van der Waals surface area contributed by atoms with Gasteiger partial charge in [-0.05, 0) is 24.1 Å². The normalized spacial score (nSPS) is 18.1. The number of unbranched alkanes of at least 4 members (excludes halogenated alkanes) is 5. The van der Waals surface area contributed by atoms with E-state index in [9.17, 15) is 4.79 Å². The van der Waals surface area contributed by atoms with Crippen molar-refractivity contribution in [3.05, 3.63) is 30.1 Å². The third-order valence-corrected chi connectivity index (χ3v) is 5.21. The summed E-state index contributed by atoms with van der Waals surface area (Å²) in [6.45, 7) is 3.11. The molecule has 2 heterocycles. The van der Waals surface area contributed by atoms with Crippen molar-refractivity contribution in [3.8, 4) is 0 Å². The van der Waals surface area contributed by atoms with Crippen molar-refractivity contribution in [2.24, 2.45) is 0 Å². The zero-order valence-electron chi connectivity index (χ0n) is 13.0. The van der Waals surface area contributed by atoms with Crippen molar-refractivity contribution < 1.29 is 4.79 Å². The Bertz CT molecular complexity index is 424. The molecule has 0 spiro atoms. The lowest BCUT2D eigenvalue weighted by molar-refractivity contribution is -0.131. The van der Waals surface area contributed by atoms with E-state index in [0.29, 0.717) is 12.3 Å². The first kappa shape index (κ1) is 16.3. The SMILES string of the molecule is CCCCCCCCC(=O)N1CCSC1c1ccncc1. The van der Waals surface area contributed by atoms with Crippen LogP contribution in [0.4, 0.5) is 0 Å². The van der Waals surface area contributed by atoms with Gasteiger partial charge in [-0.2, -0.15) is 0 Å². The number of hydrogen-bond donors (Lipinski definition) is 0. The molecule has 0 bridgehead atoms. The minimum atomic E-state index is 0.195. The molecule has 4 heteroatoms. The van der Waals surface area contributed by atoms with Crippen LogP contribution in [0, 0.1) is 0 Å². The van der Waals surface area contributed by atoms with Gasteiger partial charge in [0.25, 0.3) is 0 Å². The summed E-state index contributed by atoms with van der Waals surface area (Å²) in [7, 11) is 0. The van der Waals surface area contributed by atoms with Crippen molar-refractivity contribution in [1.82, 2.24) is 9.88 Å². The van der Waals surface area contributed by atoms with E-state index < -0.39 is 0 Å². The maximum atomic E-state index is 12.4. The average Bonchev–Trinajstić information content (AvgIpc) is 3.01. The van der Waals surface area contributed by atoms with Crippen LogP contribution in [0.1, 0.15) is 62.8 Å². The van der Waals surface area contributed by atoms with E-state index >= 15 is 0 Å². The summed E-state index contributed by atoms with van der Waals surface area (Å²) < 4.78 is 0. The third kappa shape index (κ3) is 5.03. The Morgan fingerprint density at radius 2 is 1.95 bits per heavy atom. The molecule has 1 aliphatic rings. The number of carbonyl (C=O) groups is 1. The molecular formula is C17H26N2OS. The third-order valence-electron chi connectivity index (χ3n) is 3.95. The van der Waals surface area contributed by atoms with Gasteiger partial charge >= 0.3 is 0 Å². The van der Waals surface area contributed by atoms with E-state index in [1.165, 1.54) is 37.7 Å². The number of aromatic nitrogens is 1. The molecule has 1 amide bonds. The molecule has 21 heavy (non-hydrogen) atoms. The summed E-state index contributed by atoms with van der Waals surface area (Å²) >= 11 is 1.86. The first-order valence-electron chi connectivity index (χ1n) is 8.14. The first-order chi connectivity index (χ1) is 10.3. The number of amides is 1. The van der Waals surface area contributed by atoms with E-state index in [1.54, 1.807) is 0 Å². The van der Waals surface area contributed by atoms with Gasteiger partial charge in [0.05, 0.1) is 0 Å². The topological polar surface area (TPSA) is 33.2 Å². The summed E-state index contributed by atoms with van der Waals surface area (Å²) in [5.74, 6) is 1.35. The summed E-state index contributed by atoms with van der Waals surface area (Å²) in [4.78, 5) is 18.5. The van der Waals surface area contributed by atoms with E-state index in [0.717, 1.165) is 18.7 Å². The maximum Gasteiger partial charge on any atom is 0.223 e. The molecule has 1 fully saturated rings. The quantitative estimate of drug-likeness (QED) is 0.667. The first-order valence-corrected chi connectivity index (χ1v) is 9.19. The molecule has 0 N–H and O–H groups in total. The van der Waals surface area contributed by atoms with Gasteiger partial charge in [-0.1, -0.05) is 39.0 Å². The lowest BCUT2D eigenvalue weighted by Gasteiger charge is -2.24. The molecule has 1 saturated heterocycles. The fourth-order valence-electron chi connectivity index (χ4n) is 2.73. The summed E-state index contributed by atoms with van der Waals surface area (Å²) in [5, 5.41) is 0.195. The molecule has 1 unspecified atom stereocenters. The van der Waals surface area contributed by atoms with E-state index in [2.05, 4.69) is 11.9 Å². The molecule has 116 valence electrons. The lowest BCUT2D eigenvalue weighted by atomic mass is 10.1. The molecule has 1 aromatic rings. The highest BCUT2D eigenvalue weighted by Crippen LogP contribution is 2.38.